The summed E-state index contributed by atoms with van der Waals surface area (Å²) in [6.45, 7) is 0.757. The second kappa shape index (κ2) is 8.53. The van der Waals surface area contributed by atoms with E-state index in [0.29, 0.717) is 13.2 Å². The van der Waals surface area contributed by atoms with Crippen molar-refractivity contribution < 1.29 is 14.3 Å². The SMILES string of the molecule is [O]B(OCCc1ccccc1)OCCc1ccccc1. The van der Waals surface area contributed by atoms with E-state index in [1.54, 1.807) is 0 Å². The summed E-state index contributed by atoms with van der Waals surface area (Å²) in [5, 5.41) is 11.5. The van der Waals surface area contributed by atoms with Gasteiger partial charge in [-0.3, -0.25) is 0 Å². The minimum atomic E-state index is -1.40. The van der Waals surface area contributed by atoms with Gasteiger partial charge in [-0.25, -0.2) is 5.02 Å². The van der Waals surface area contributed by atoms with Gasteiger partial charge in [0.1, 0.15) is 0 Å². The molecule has 0 unspecified atom stereocenters. The fraction of sp³-hybridized carbons (Fsp3) is 0.250. The second-order valence-electron chi connectivity index (χ2n) is 4.50. The zero-order chi connectivity index (χ0) is 14.0. The summed E-state index contributed by atoms with van der Waals surface area (Å²) in [5.41, 5.74) is 2.31. The van der Waals surface area contributed by atoms with Crippen LogP contribution >= 0.6 is 0 Å². The maximum atomic E-state index is 11.5. The Bertz CT molecular complexity index is 430. The van der Waals surface area contributed by atoms with E-state index in [4.69, 9.17) is 9.31 Å². The van der Waals surface area contributed by atoms with Gasteiger partial charge in [-0.1, -0.05) is 60.7 Å². The van der Waals surface area contributed by atoms with E-state index in [1.165, 1.54) is 0 Å². The maximum Gasteiger partial charge on any atom is 0.666 e. The van der Waals surface area contributed by atoms with Crippen molar-refractivity contribution in [1.82, 2.24) is 0 Å². The molecule has 0 amide bonds. The molecule has 2 aromatic carbocycles. The summed E-state index contributed by atoms with van der Waals surface area (Å²) < 4.78 is 10.2. The molecule has 0 fully saturated rings. The lowest BCUT2D eigenvalue weighted by molar-refractivity contribution is 0.111. The lowest BCUT2D eigenvalue weighted by atomic mass is 10.1. The highest BCUT2D eigenvalue weighted by atomic mass is 16.7. The van der Waals surface area contributed by atoms with Crippen molar-refractivity contribution in [2.24, 2.45) is 0 Å². The Balaban J connectivity index is 1.58. The predicted octanol–water partition coefficient (Wildman–Crippen LogP) is 2.92. The summed E-state index contributed by atoms with van der Waals surface area (Å²) in [4.78, 5) is 0. The highest BCUT2D eigenvalue weighted by molar-refractivity contribution is 6.34. The average Bonchev–Trinajstić information content (AvgIpc) is 2.49. The Morgan fingerprint density at radius 1 is 0.700 bits per heavy atom. The molecule has 0 saturated heterocycles. The molecule has 2 aromatic rings. The smallest absolute Gasteiger partial charge is 0.384 e. The van der Waals surface area contributed by atoms with E-state index >= 15 is 0 Å². The molecule has 0 aliphatic carbocycles. The average molecular weight is 269 g/mol. The van der Waals surface area contributed by atoms with Crippen molar-refractivity contribution in [2.45, 2.75) is 12.8 Å². The molecule has 20 heavy (non-hydrogen) atoms. The third kappa shape index (κ3) is 5.57. The zero-order valence-electron chi connectivity index (χ0n) is 11.4. The zero-order valence-corrected chi connectivity index (χ0v) is 11.4. The first-order valence-electron chi connectivity index (χ1n) is 6.81. The standard InChI is InChI=1S/C16H18BO3/c18-17(19-13-11-15-7-3-1-4-8-15)20-14-12-16-9-5-2-6-10-16/h1-10H,11-14H2. The van der Waals surface area contributed by atoms with Crippen molar-refractivity contribution in [3.8, 4) is 0 Å². The monoisotopic (exact) mass is 269 g/mol. The maximum absolute atomic E-state index is 11.5. The first kappa shape index (κ1) is 14.8. The van der Waals surface area contributed by atoms with Gasteiger partial charge in [-0.15, -0.1) is 0 Å². The van der Waals surface area contributed by atoms with Crippen LogP contribution in [-0.2, 0) is 27.2 Å². The van der Waals surface area contributed by atoms with Crippen LogP contribution in [-0.4, -0.2) is 20.5 Å². The Morgan fingerprint density at radius 2 is 1.10 bits per heavy atom. The Morgan fingerprint density at radius 3 is 1.50 bits per heavy atom. The van der Waals surface area contributed by atoms with Crippen molar-refractivity contribution >= 4 is 7.32 Å². The highest BCUT2D eigenvalue weighted by Crippen LogP contribution is 2.02. The van der Waals surface area contributed by atoms with E-state index in [0.717, 1.165) is 24.0 Å². The van der Waals surface area contributed by atoms with E-state index in [-0.39, 0.29) is 0 Å². The number of hydrogen-bond donors (Lipinski definition) is 0. The third-order valence-electron chi connectivity index (χ3n) is 2.97. The molecular weight excluding hydrogens is 251 g/mol. The van der Waals surface area contributed by atoms with Gasteiger partial charge < -0.3 is 9.31 Å². The number of benzene rings is 2. The van der Waals surface area contributed by atoms with Crippen molar-refractivity contribution in [1.29, 1.82) is 0 Å². The van der Waals surface area contributed by atoms with E-state index < -0.39 is 7.32 Å². The topological polar surface area (TPSA) is 38.4 Å². The molecule has 0 aromatic heterocycles. The molecule has 0 heterocycles. The van der Waals surface area contributed by atoms with Gasteiger partial charge in [0.05, 0.1) is 0 Å². The summed E-state index contributed by atoms with van der Waals surface area (Å²) >= 11 is 0. The van der Waals surface area contributed by atoms with Crippen LogP contribution < -0.4 is 0 Å². The van der Waals surface area contributed by atoms with E-state index in [9.17, 15) is 5.02 Å². The van der Waals surface area contributed by atoms with Crippen molar-refractivity contribution in [3.05, 3.63) is 71.8 Å². The fourth-order valence-electron chi connectivity index (χ4n) is 1.88. The van der Waals surface area contributed by atoms with Gasteiger partial charge in [0, 0.05) is 13.2 Å². The predicted molar refractivity (Wildman–Crippen MR) is 78.6 cm³/mol. The van der Waals surface area contributed by atoms with E-state index in [2.05, 4.69) is 0 Å². The van der Waals surface area contributed by atoms with Gasteiger partial charge in [0.2, 0.25) is 0 Å². The summed E-state index contributed by atoms with van der Waals surface area (Å²) in [7, 11) is -1.40. The molecule has 0 spiro atoms. The first-order valence-corrected chi connectivity index (χ1v) is 6.81. The lowest BCUT2D eigenvalue weighted by Crippen LogP contribution is -2.23. The van der Waals surface area contributed by atoms with Crippen LogP contribution in [0.4, 0.5) is 0 Å². The molecule has 0 bridgehead atoms. The summed E-state index contributed by atoms with van der Waals surface area (Å²) in [6.07, 6.45) is 1.45. The Kier molecular flexibility index (Phi) is 6.31. The molecule has 0 atom stereocenters. The molecule has 2 rings (SSSR count). The molecule has 3 nitrogen and oxygen atoms in total. The molecule has 0 aliphatic heterocycles. The largest absolute Gasteiger partial charge is 0.666 e. The van der Waals surface area contributed by atoms with Crippen molar-refractivity contribution in [3.63, 3.8) is 0 Å². The summed E-state index contributed by atoms with van der Waals surface area (Å²) in [6, 6.07) is 19.9. The molecule has 0 saturated carbocycles. The molecule has 0 aliphatic rings. The van der Waals surface area contributed by atoms with Crippen LogP contribution in [0, 0.1) is 0 Å². The summed E-state index contributed by atoms with van der Waals surface area (Å²) in [5.74, 6) is 0. The molecule has 103 valence electrons. The second-order valence-corrected chi connectivity index (χ2v) is 4.50. The minimum absolute atomic E-state index is 0.378. The third-order valence-corrected chi connectivity index (χ3v) is 2.97. The van der Waals surface area contributed by atoms with Crippen LogP contribution in [0.5, 0.6) is 0 Å². The minimum Gasteiger partial charge on any atom is -0.384 e. The fourth-order valence-corrected chi connectivity index (χ4v) is 1.88. The Hall–Kier alpha value is -1.62. The first-order chi connectivity index (χ1) is 9.84. The molecule has 1 radical (unpaired) electrons. The van der Waals surface area contributed by atoms with Crippen LogP contribution in [0.3, 0.4) is 0 Å². The van der Waals surface area contributed by atoms with Crippen LogP contribution in [0.2, 0.25) is 0 Å². The number of rotatable bonds is 8. The number of hydrogen-bond acceptors (Lipinski definition) is 2. The van der Waals surface area contributed by atoms with Gasteiger partial charge in [0.25, 0.3) is 0 Å². The molecule has 4 heteroatoms. The van der Waals surface area contributed by atoms with Crippen LogP contribution in [0.15, 0.2) is 60.7 Å². The molecule has 0 N–H and O–H groups in total. The van der Waals surface area contributed by atoms with Crippen LogP contribution in [0.25, 0.3) is 0 Å². The van der Waals surface area contributed by atoms with Gasteiger partial charge in [-0.2, -0.15) is 0 Å². The highest BCUT2D eigenvalue weighted by Gasteiger charge is 2.17. The lowest BCUT2D eigenvalue weighted by Gasteiger charge is -2.07. The molecular formula is C16H18BO3. The van der Waals surface area contributed by atoms with Crippen molar-refractivity contribution in [2.75, 3.05) is 13.2 Å². The quantitative estimate of drug-likeness (QED) is 0.691. The van der Waals surface area contributed by atoms with Crippen LogP contribution in [0.1, 0.15) is 11.1 Å². The van der Waals surface area contributed by atoms with Gasteiger partial charge in [0.15, 0.2) is 0 Å². The van der Waals surface area contributed by atoms with Gasteiger partial charge >= 0.3 is 7.32 Å². The normalized spacial score (nSPS) is 10.4. The van der Waals surface area contributed by atoms with E-state index in [1.807, 2.05) is 60.7 Å². The van der Waals surface area contributed by atoms with Gasteiger partial charge in [-0.05, 0) is 24.0 Å². The Labute approximate surface area is 120 Å².